The van der Waals surface area contributed by atoms with E-state index >= 15 is 0 Å². The van der Waals surface area contributed by atoms with Crippen LogP contribution in [0.1, 0.15) is 23.7 Å². The fraction of sp³-hybridized carbons (Fsp3) is 0.312. The molecule has 1 aliphatic heterocycles. The monoisotopic (exact) mass is 332 g/mol. The molecule has 1 aromatic carbocycles. The average molecular weight is 333 g/mol. The number of halogens is 1. The van der Waals surface area contributed by atoms with Crippen LogP contribution in [0.3, 0.4) is 0 Å². The van der Waals surface area contributed by atoms with Gasteiger partial charge < -0.3 is 9.47 Å². The smallest absolute Gasteiger partial charge is 0.325 e. The number of aryl methyl sites for hydroxylation is 2. The van der Waals surface area contributed by atoms with E-state index < -0.39 is 6.04 Å². The highest BCUT2D eigenvalue weighted by molar-refractivity contribution is 6.30. The number of carbonyl (C=O) groups is 2. The van der Waals surface area contributed by atoms with Gasteiger partial charge in [0.2, 0.25) is 0 Å². The van der Waals surface area contributed by atoms with E-state index in [4.69, 9.17) is 11.6 Å². The predicted octanol–water partition coefficient (Wildman–Crippen LogP) is 2.53. The number of amides is 3. The van der Waals surface area contributed by atoms with Crippen molar-refractivity contribution in [3.63, 3.8) is 0 Å². The minimum Gasteiger partial charge on any atom is -0.337 e. The Morgan fingerprint density at radius 2 is 2.13 bits per heavy atom. The van der Waals surface area contributed by atoms with Gasteiger partial charge in [-0.25, -0.2) is 9.78 Å². The summed E-state index contributed by atoms with van der Waals surface area (Å²) in [6, 6.07) is 6.07. The second-order valence-corrected chi connectivity index (χ2v) is 5.99. The lowest BCUT2D eigenvalue weighted by atomic mass is 10.1. The summed E-state index contributed by atoms with van der Waals surface area (Å²) in [4.78, 5) is 29.9. The molecule has 3 amide bonds. The van der Waals surface area contributed by atoms with E-state index in [1.165, 1.54) is 0 Å². The number of imidazole rings is 1. The van der Waals surface area contributed by atoms with Crippen LogP contribution in [0.25, 0.3) is 0 Å². The Morgan fingerprint density at radius 3 is 2.83 bits per heavy atom. The number of benzene rings is 1. The number of aromatic nitrogens is 2. The minimum atomic E-state index is -0.620. The molecule has 23 heavy (non-hydrogen) atoms. The zero-order valence-electron chi connectivity index (χ0n) is 12.7. The quantitative estimate of drug-likeness (QED) is 0.855. The molecule has 2 heterocycles. The summed E-state index contributed by atoms with van der Waals surface area (Å²) in [6.07, 6.45) is 4.44. The van der Waals surface area contributed by atoms with Crippen molar-refractivity contribution >= 4 is 23.5 Å². The minimum absolute atomic E-state index is 0.309. The summed E-state index contributed by atoms with van der Waals surface area (Å²) in [7, 11) is 0. The van der Waals surface area contributed by atoms with Crippen molar-refractivity contribution in [3.05, 3.63) is 53.1 Å². The molecular formula is C16H17ClN4O2. The van der Waals surface area contributed by atoms with Gasteiger partial charge in [0.1, 0.15) is 6.04 Å². The first kappa shape index (κ1) is 15.6. The predicted molar refractivity (Wildman–Crippen MR) is 86.0 cm³/mol. The number of hydrogen-bond donors (Lipinski definition) is 1. The molecule has 1 unspecified atom stereocenters. The van der Waals surface area contributed by atoms with Crippen molar-refractivity contribution in [2.75, 3.05) is 6.54 Å². The number of urea groups is 1. The fourth-order valence-electron chi connectivity index (χ4n) is 2.76. The topological polar surface area (TPSA) is 67.2 Å². The summed E-state index contributed by atoms with van der Waals surface area (Å²) in [6.45, 7) is 3.14. The van der Waals surface area contributed by atoms with Crippen LogP contribution in [0.4, 0.5) is 4.79 Å². The number of hydrogen-bond acceptors (Lipinski definition) is 3. The van der Waals surface area contributed by atoms with E-state index in [1.54, 1.807) is 35.5 Å². The Bertz CT molecular complexity index is 743. The second-order valence-electron chi connectivity index (χ2n) is 5.55. The van der Waals surface area contributed by atoms with Crippen molar-refractivity contribution in [3.8, 4) is 0 Å². The van der Waals surface area contributed by atoms with E-state index in [-0.39, 0.29) is 11.9 Å². The van der Waals surface area contributed by atoms with Gasteiger partial charge in [0.25, 0.3) is 5.91 Å². The number of imide groups is 1. The molecule has 0 radical (unpaired) electrons. The lowest BCUT2D eigenvalue weighted by Gasteiger charge is -2.22. The Morgan fingerprint density at radius 1 is 1.30 bits per heavy atom. The summed E-state index contributed by atoms with van der Waals surface area (Å²) < 4.78 is 1.97. The lowest BCUT2D eigenvalue weighted by Crippen LogP contribution is -2.31. The van der Waals surface area contributed by atoms with Crippen LogP contribution in [0.15, 0.2) is 36.8 Å². The van der Waals surface area contributed by atoms with Crippen LogP contribution >= 0.6 is 11.6 Å². The van der Waals surface area contributed by atoms with Gasteiger partial charge in [-0.05, 0) is 31.0 Å². The van der Waals surface area contributed by atoms with E-state index in [0.29, 0.717) is 11.6 Å². The molecule has 2 aromatic rings. The highest BCUT2D eigenvalue weighted by atomic mass is 35.5. The second kappa shape index (κ2) is 6.42. The number of nitrogens with one attached hydrogen (secondary N) is 1. The largest absolute Gasteiger partial charge is 0.337 e. The maximum absolute atomic E-state index is 12.1. The van der Waals surface area contributed by atoms with Crippen LogP contribution < -0.4 is 5.32 Å². The molecule has 0 aliphatic carbocycles. The maximum Gasteiger partial charge on any atom is 0.325 e. The zero-order valence-corrected chi connectivity index (χ0v) is 13.5. The SMILES string of the molecule is Cc1cn(CCCN2C(=O)NC(=O)C2c2cccc(Cl)c2)cn1. The molecule has 1 saturated heterocycles. The molecule has 1 aromatic heterocycles. The van der Waals surface area contributed by atoms with Crippen molar-refractivity contribution < 1.29 is 9.59 Å². The number of carbonyl (C=O) groups excluding carboxylic acids is 2. The standard InChI is InChI=1S/C16H17ClN4O2/c1-11-9-20(10-18-11)6-3-7-21-14(15(22)19-16(21)23)12-4-2-5-13(17)8-12/h2,4-5,8-10,14H,3,6-7H2,1H3,(H,19,22,23). The molecule has 1 aliphatic rings. The number of nitrogens with zero attached hydrogens (tertiary/aromatic N) is 3. The Kier molecular flexibility index (Phi) is 4.34. The Hall–Kier alpha value is -2.34. The number of rotatable bonds is 5. The van der Waals surface area contributed by atoms with Crippen LogP contribution in [0.5, 0.6) is 0 Å². The molecule has 1 fully saturated rings. The molecule has 1 atom stereocenters. The van der Waals surface area contributed by atoms with Crippen molar-refractivity contribution in [2.45, 2.75) is 25.9 Å². The molecule has 0 saturated carbocycles. The molecule has 0 spiro atoms. The van der Waals surface area contributed by atoms with Crippen LogP contribution in [0.2, 0.25) is 5.02 Å². The van der Waals surface area contributed by atoms with E-state index in [2.05, 4.69) is 10.3 Å². The van der Waals surface area contributed by atoms with E-state index in [1.807, 2.05) is 17.7 Å². The Labute approximate surface area is 139 Å². The van der Waals surface area contributed by atoms with Crippen molar-refractivity contribution in [1.82, 2.24) is 19.8 Å². The molecule has 0 bridgehead atoms. The highest BCUT2D eigenvalue weighted by Gasteiger charge is 2.38. The van der Waals surface area contributed by atoms with Gasteiger partial charge >= 0.3 is 6.03 Å². The van der Waals surface area contributed by atoms with Gasteiger partial charge in [0.15, 0.2) is 0 Å². The lowest BCUT2D eigenvalue weighted by molar-refractivity contribution is -0.121. The van der Waals surface area contributed by atoms with E-state index in [9.17, 15) is 9.59 Å². The first-order valence-corrected chi connectivity index (χ1v) is 7.78. The van der Waals surface area contributed by atoms with Gasteiger partial charge in [-0.15, -0.1) is 0 Å². The molecule has 6 nitrogen and oxygen atoms in total. The first-order chi connectivity index (χ1) is 11.0. The van der Waals surface area contributed by atoms with Crippen LogP contribution in [0, 0.1) is 6.92 Å². The van der Waals surface area contributed by atoms with Crippen LogP contribution in [-0.2, 0) is 11.3 Å². The van der Waals surface area contributed by atoms with Crippen molar-refractivity contribution in [1.29, 1.82) is 0 Å². The fourth-order valence-corrected chi connectivity index (χ4v) is 2.96. The third-order valence-corrected chi connectivity index (χ3v) is 4.03. The maximum atomic E-state index is 12.1. The normalized spacial score (nSPS) is 17.7. The van der Waals surface area contributed by atoms with Gasteiger partial charge in [-0.2, -0.15) is 0 Å². The zero-order chi connectivity index (χ0) is 16.4. The van der Waals surface area contributed by atoms with Gasteiger partial charge in [0.05, 0.1) is 12.0 Å². The molecular weight excluding hydrogens is 316 g/mol. The van der Waals surface area contributed by atoms with Gasteiger partial charge in [-0.1, -0.05) is 23.7 Å². The third kappa shape index (κ3) is 3.37. The average Bonchev–Trinajstić information content (AvgIpc) is 3.03. The van der Waals surface area contributed by atoms with E-state index in [0.717, 1.165) is 24.2 Å². The summed E-state index contributed by atoms with van der Waals surface area (Å²) in [5.74, 6) is -0.309. The van der Waals surface area contributed by atoms with Gasteiger partial charge in [-0.3, -0.25) is 10.1 Å². The molecule has 120 valence electrons. The molecule has 1 N–H and O–H groups in total. The van der Waals surface area contributed by atoms with Gasteiger partial charge in [0, 0.05) is 24.3 Å². The third-order valence-electron chi connectivity index (χ3n) is 3.79. The molecule has 3 rings (SSSR count). The molecule has 7 heteroatoms. The first-order valence-electron chi connectivity index (χ1n) is 7.40. The highest BCUT2D eigenvalue weighted by Crippen LogP contribution is 2.27. The Balaban J connectivity index is 1.70. The van der Waals surface area contributed by atoms with Crippen LogP contribution in [-0.4, -0.2) is 32.9 Å². The summed E-state index contributed by atoms with van der Waals surface area (Å²) in [5.41, 5.74) is 1.68. The summed E-state index contributed by atoms with van der Waals surface area (Å²) in [5, 5.41) is 2.92. The van der Waals surface area contributed by atoms with Crippen molar-refractivity contribution in [2.24, 2.45) is 0 Å². The summed E-state index contributed by atoms with van der Waals surface area (Å²) >= 11 is 6.00.